The van der Waals surface area contributed by atoms with Crippen LogP contribution in [-0.4, -0.2) is 5.11 Å². The highest BCUT2D eigenvalue weighted by Gasteiger charge is 1.98. The molecule has 0 saturated heterocycles. The first kappa shape index (κ1) is 11.8. The number of benzene rings is 2. The molecule has 0 atom stereocenters. The zero-order valence-corrected chi connectivity index (χ0v) is 10.3. The number of rotatable bonds is 3. The van der Waals surface area contributed by atoms with Gasteiger partial charge in [0.1, 0.15) is 5.75 Å². The van der Waals surface area contributed by atoms with E-state index in [0.717, 1.165) is 21.8 Å². The summed E-state index contributed by atoms with van der Waals surface area (Å²) in [4.78, 5) is 0. The molecule has 2 aromatic carbocycles. The Balaban J connectivity index is 2.02. The Hall–Kier alpha value is -1.67. The molecule has 0 bridgehead atoms. The Bertz CT molecular complexity index is 508. The largest absolute Gasteiger partial charge is 0.508 e. The van der Waals surface area contributed by atoms with Crippen molar-refractivity contribution in [3.63, 3.8) is 0 Å². The molecule has 2 N–H and O–H groups in total. The van der Waals surface area contributed by atoms with Crippen molar-refractivity contribution >= 4 is 17.3 Å². The van der Waals surface area contributed by atoms with Gasteiger partial charge in [0.05, 0.1) is 0 Å². The zero-order chi connectivity index (χ0) is 12.3. The predicted molar refractivity (Wildman–Crippen MR) is 71.6 cm³/mol. The van der Waals surface area contributed by atoms with Crippen LogP contribution in [0.1, 0.15) is 11.1 Å². The van der Waals surface area contributed by atoms with Crippen molar-refractivity contribution in [3.05, 3.63) is 58.6 Å². The maximum absolute atomic E-state index is 9.16. The van der Waals surface area contributed by atoms with Gasteiger partial charge >= 0.3 is 0 Å². The van der Waals surface area contributed by atoms with Crippen LogP contribution >= 0.6 is 11.6 Å². The second-order valence-electron chi connectivity index (χ2n) is 3.98. The molecule has 0 aromatic heterocycles. The molecule has 0 amide bonds. The number of nitrogens with one attached hydrogen (secondary N) is 1. The normalized spacial score (nSPS) is 10.2. The van der Waals surface area contributed by atoms with E-state index in [1.165, 1.54) is 0 Å². The summed E-state index contributed by atoms with van der Waals surface area (Å²) < 4.78 is 0. The highest BCUT2D eigenvalue weighted by molar-refractivity contribution is 6.31. The van der Waals surface area contributed by atoms with Gasteiger partial charge in [-0.05, 0) is 48.4 Å². The minimum absolute atomic E-state index is 0.272. The first-order valence-electron chi connectivity index (χ1n) is 5.43. The summed E-state index contributed by atoms with van der Waals surface area (Å²) in [5.74, 6) is 0.272. The van der Waals surface area contributed by atoms with E-state index in [9.17, 15) is 0 Å². The van der Waals surface area contributed by atoms with E-state index < -0.39 is 0 Å². The summed E-state index contributed by atoms with van der Waals surface area (Å²) in [5.41, 5.74) is 3.19. The molecule has 2 rings (SSSR count). The quantitative estimate of drug-likeness (QED) is 0.805. The van der Waals surface area contributed by atoms with E-state index in [1.807, 2.05) is 31.2 Å². The molecule has 0 saturated carbocycles. The SMILES string of the molecule is Cc1ccc(CNc2ccc(O)cc2)cc1Cl. The summed E-state index contributed by atoms with van der Waals surface area (Å²) >= 11 is 6.06. The van der Waals surface area contributed by atoms with Gasteiger partial charge in [-0.3, -0.25) is 0 Å². The van der Waals surface area contributed by atoms with Gasteiger partial charge in [0.15, 0.2) is 0 Å². The minimum Gasteiger partial charge on any atom is -0.508 e. The van der Waals surface area contributed by atoms with Gasteiger partial charge in [0, 0.05) is 17.3 Å². The third-order valence-corrected chi connectivity index (χ3v) is 3.01. The maximum Gasteiger partial charge on any atom is 0.115 e. The Kier molecular flexibility index (Phi) is 3.55. The van der Waals surface area contributed by atoms with Crippen LogP contribution in [0.25, 0.3) is 0 Å². The van der Waals surface area contributed by atoms with Crippen LogP contribution < -0.4 is 5.32 Å². The molecular weight excluding hydrogens is 234 g/mol. The van der Waals surface area contributed by atoms with Crippen LogP contribution in [-0.2, 0) is 6.54 Å². The molecule has 17 heavy (non-hydrogen) atoms. The lowest BCUT2D eigenvalue weighted by molar-refractivity contribution is 0.475. The van der Waals surface area contributed by atoms with Crippen LogP contribution in [0.15, 0.2) is 42.5 Å². The topological polar surface area (TPSA) is 32.3 Å². The number of phenols is 1. The molecule has 2 aromatic rings. The molecule has 0 fully saturated rings. The molecule has 0 radical (unpaired) electrons. The number of hydrogen-bond donors (Lipinski definition) is 2. The van der Waals surface area contributed by atoms with Gasteiger partial charge in [-0.1, -0.05) is 23.7 Å². The van der Waals surface area contributed by atoms with Crippen molar-refractivity contribution in [1.29, 1.82) is 0 Å². The van der Waals surface area contributed by atoms with E-state index in [4.69, 9.17) is 16.7 Å². The molecule has 0 heterocycles. The average molecular weight is 248 g/mol. The van der Waals surface area contributed by atoms with Crippen molar-refractivity contribution in [2.45, 2.75) is 13.5 Å². The second-order valence-corrected chi connectivity index (χ2v) is 4.39. The fourth-order valence-electron chi connectivity index (χ4n) is 1.53. The van der Waals surface area contributed by atoms with Crippen molar-refractivity contribution in [2.75, 3.05) is 5.32 Å². The summed E-state index contributed by atoms with van der Waals surface area (Å²) in [7, 11) is 0. The summed E-state index contributed by atoms with van der Waals surface area (Å²) in [6, 6.07) is 13.0. The number of halogens is 1. The molecule has 0 spiro atoms. The van der Waals surface area contributed by atoms with Gasteiger partial charge in [0.25, 0.3) is 0 Å². The molecule has 88 valence electrons. The number of anilines is 1. The van der Waals surface area contributed by atoms with E-state index in [1.54, 1.807) is 12.1 Å². The smallest absolute Gasteiger partial charge is 0.115 e. The monoisotopic (exact) mass is 247 g/mol. The summed E-state index contributed by atoms with van der Waals surface area (Å²) in [6.45, 7) is 2.70. The van der Waals surface area contributed by atoms with Crippen LogP contribution in [0.3, 0.4) is 0 Å². The molecule has 0 aliphatic heterocycles. The van der Waals surface area contributed by atoms with Gasteiger partial charge in [-0.2, -0.15) is 0 Å². The van der Waals surface area contributed by atoms with Gasteiger partial charge in [-0.15, -0.1) is 0 Å². The highest BCUT2D eigenvalue weighted by atomic mass is 35.5. The van der Waals surface area contributed by atoms with Gasteiger partial charge < -0.3 is 10.4 Å². The second kappa shape index (κ2) is 5.11. The van der Waals surface area contributed by atoms with E-state index >= 15 is 0 Å². The minimum atomic E-state index is 0.272. The fourth-order valence-corrected chi connectivity index (χ4v) is 1.73. The number of aryl methyl sites for hydroxylation is 1. The van der Waals surface area contributed by atoms with Crippen molar-refractivity contribution in [3.8, 4) is 5.75 Å². The third-order valence-electron chi connectivity index (χ3n) is 2.60. The standard InChI is InChI=1S/C14H14ClNO/c1-10-2-3-11(8-14(10)15)9-16-12-4-6-13(17)7-5-12/h2-8,16-17H,9H2,1H3. The summed E-state index contributed by atoms with van der Waals surface area (Å²) in [5, 5.41) is 13.2. The lowest BCUT2D eigenvalue weighted by Gasteiger charge is -2.07. The highest BCUT2D eigenvalue weighted by Crippen LogP contribution is 2.18. The van der Waals surface area contributed by atoms with Crippen LogP contribution in [0.2, 0.25) is 5.02 Å². The van der Waals surface area contributed by atoms with E-state index in [2.05, 4.69) is 11.4 Å². The Morgan fingerprint density at radius 3 is 2.47 bits per heavy atom. The number of hydrogen-bond acceptors (Lipinski definition) is 2. The van der Waals surface area contributed by atoms with Crippen molar-refractivity contribution in [2.24, 2.45) is 0 Å². The predicted octanol–water partition coefficient (Wildman–Crippen LogP) is 3.97. The van der Waals surface area contributed by atoms with Crippen LogP contribution in [0.4, 0.5) is 5.69 Å². The van der Waals surface area contributed by atoms with E-state index in [-0.39, 0.29) is 5.75 Å². The molecule has 3 heteroatoms. The number of aromatic hydroxyl groups is 1. The van der Waals surface area contributed by atoms with Crippen molar-refractivity contribution in [1.82, 2.24) is 0 Å². The van der Waals surface area contributed by atoms with Gasteiger partial charge in [0.2, 0.25) is 0 Å². The molecule has 2 nitrogen and oxygen atoms in total. The molecule has 0 aliphatic rings. The maximum atomic E-state index is 9.16. The third kappa shape index (κ3) is 3.14. The van der Waals surface area contributed by atoms with Crippen LogP contribution in [0, 0.1) is 6.92 Å². The molecule has 0 unspecified atom stereocenters. The summed E-state index contributed by atoms with van der Waals surface area (Å²) in [6.07, 6.45) is 0. The lowest BCUT2D eigenvalue weighted by Crippen LogP contribution is -1.99. The molecular formula is C14H14ClNO. The first-order valence-corrected chi connectivity index (χ1v) is 5.81. The van der Waals surface area contributed by atoms with E-state index in [0.29, 0.717) is 6.54 Å². The fraction of sp³-hybridized carbons (Fsp3) is 0.143. The average Bonchev–Trinajstić information content (AvgIpc) is 2.33. The Morgan fingerprint density at radius 1 is 1.12 bits per heavy atom. The Morgan fingerprint density at radius 2 is 1.82 bits per heavy atom. The number of phenolic OH excluding ortho intramolecular Hbond substituents is 1. The van der Waals surface area contributed by atoms with Gasteiger partial charge in [-0.25, -0.2) is 0 Å². The van der Waals surface area contributed by atoms with Crippen LogP contribution in [0.5, 0.6) is 5.75 Å². The van der Waals surface area contributed by atoms with Crippen molar-refractivity contribution < 1.29 is 5.11 Å². The Labute approximate surface area is 106 Å². The first-order chi connectivity index (χ1) is 8.15. The molecule has 0 aliphatic carbocycles. The lowest BCUT2D eigenvalue weighted by atomic mass is 10.1. The zero-order valence-electron chi connectivity index (χ0n) is 9.57.